The summed E-state index contributed by atoms with van der Waals surface area (Å²) in [5.74, 6) is 0.911. The largest absolute Gasteiger partial charge is 0.493 e. The molecule has 0 saturated carbocycles. The molecule has 1 aromatic rings. The lowest BCUT2D eigenvalue weighted by Crippen LogP contribution is -3.12. The number of amides is 3. The first-order valence-corrected chi connectivity index (χ1v) is 6.94. The normalized spacial score (nSPS) is 13.1. The highest BCUT2D eigenvalue weighted by molar-refractivity contribution is 5.95. The second kappa shape index (κ2) is 7.65. The number of methoxy groups -OCH3 is 2. The first kappa shape index (κ1) is 17.8. The average Bonchev–Trinajstić information content (AvgIpc) is 2.47. The van der Waals surface area contributed by atoms with Gasteiger partial charge in [0.05, 0.1) is 21.3 Å². The molecular weight excluding hydrogens is 286 g/mol. The van der Waals surface area contributed by atoms with Gasteiger partial charge in [-0.3, -0.25) is 10.1 Å². The molecule has 0 aliphatic rings. The molecule has 0 aromatic heterocycles. The maximum atomic E-state index is 11.8. The summed E-state index contributed by atoms with van der Waals surface area (Å²) >= 11 is 0. The predicted octanol–water partition coefficient (Wildman–Crippen LogP) is -0.390. The van der Waals surface area contributed by atoms with Crippen LogP contribution in [-0.4, -0.2) is 39.2 Å². The molecule has 0 aliphatic carbocycles. The third-order valence-corrected chi connectivity index (χ3v) is 3.69. The number of ether oxygens (including phenoxy) is 2. The van der Waals surface area contributed by atoms with E-state index in [1.807, 2.05) is 26.1 Å². The van der Waals surface area contributed by atoms with Crippen molar-refractivity contribution in [1.82, 2.24) is 5.32 Å². The van der Waals surface area contributed by atoms with Crippen molar-refractivity contribution < 1.29 is 24.0 Å². The number of rotatable bonds is 6. The summed E-state index contributed by atoms with van der Waals surface area (Å²) in [4.78, 5) is 23.5. The number of carbonyl (C=O) groups excluding carboxylic acids is 2. The van der Waals surface area contributed by atoms with Gasteiger partial charge in [-0.25, -0.2) is 4.79 Å². The van der Waals surface area contributed by atoms with Crippen molar-refractivity contribution in [3.63, 3.8) is 0 Å². The fourth-order valence-electron chi connectivity index (χ4n) is 2.12. The van der Waals surface area contributed by atoms with Crippen LogP contribution in [0.15, 0.2) is 12.1 Å². The van der Waals surface area contributed by atoms with E-state index in [0.29, 0.717) is 18.0 Å². The number of hydrogen-bond donors (Lipinski definition) is 3. The highest BCUT2D eigenvalue weighted by atomic mass is 16.5. The van der Waals surface area contributed by atoms with E-state index < -0.39 is 18.0 Å². The number of carbonyl (C=O) groups is 2. The van der Waals surface area contributed by atoms with Crippen molar-refractivity contribution in [3.05, 3.63) is 23.3 Å². The van der Waals surface area contributed by atoms with Crippen molar-refractivity contribution in [2.24, 2.45) is 5.73 Å². The molecule has 0 saturated heterocycles. The Bertz CT molecular complexity index is 560. The van der Waals surface area contributed by atoms with Gasteiger partial charge in [0.1, 0.15) is 6.54 Å². The molecule has 0 bridgehead atoms. The number of primary amides is 1. The smallest absolute Gasteiger partial charge is 0.319 e. The minimum Gasteiger partial charge on any atom is -0.493 e. The lowest BCUT2D eigenvalue weighted by Gasteiger charge is -2.22. The molecule has 22 heavy (non-hydrogen) atoms. The van der Waals surface area contributed by atoms with Crippen molar-refractivity contribution in [3.8, 4) is 11.5 Å². The number of nitrogens with one attached hydrogen (secondary N) is 2. The van der Waals surface area contributed by atoms with Gasteiger partial charge in [-0.2, -0.15) is 0 Å². The van der Waals surface area contributed by atoms with Gasteiger partial charge >= 0.3 is 6.03 Å². The first-order chi connectivity index (χ1) is 10.3. The molecule has 1 unspecified atom stereocenters. The molecule has 122 valence electrons. The minimum atomic E-state index is -0.841. The molecule has 1 aromatic carbocycles. The summed E-state index contributed by atoms with van der Waals surface area (Å²) < 4.78 is 10.6. The highest BCUT2D eigenvalue weighted by Crippen LogP contribution is 2.29. The summed E-state index contributed by atoms with van der Waals surface area (Å²) in [5, 5.41) is 2.10. The Hall–Kier alpha value is -2.28. The van der Waals surface area contributed by atoms with E-state index in [1.165, 1.54) is 0 Å². The number of nitrogens with two attached hydrogens (primary N) is 1. The van der Waals surface area contributed by atoms with Crippen LogP contribution >= 0.6 is 0 Å². The quantitative estimate of drug-likeness (QED) is 0.667. The average molecular weight is 310 g/mol. The summed E-state index contributed by atoms with van der Waals surface area (Å²) in [6, 6.07) is 2.54. The van der Waals surface area contributed by atoms with Crippen molar-refractivity contribution in [2.45, 2.75) is 26.4 Å². The third-order valence-electron chi connectivity index (χ3n) is 3.69. The number of imide groups is 1. The number of likely N-dealkylation sites (N-methyl/N-ethyl adjacent to an activating group) is 1. The molecule has 4 N–H and O–H groups in total. The lowest BCUT2D eigenvalue weighted by atomic mass is 10.1. The topological polar surface area (TPSA) is 95.1 Å². The zero-order chi connectivity index (χ0) is 16.9. The Labute approximate surface area is 130 Å². The number of quaternary nitrogens is 1. The van der Waals surface area contributed by atoms with Gasteiger partial charge in [0, 0.05) is 5.56 Å². The molecule has 0 heterocycles. The molecule has 0 fully saturated rings. The molecular formula is C15H24N3O4+. The maximum absolute atomic E-state index is 11.8. The van der Waals surface area contributed by atoms with Gasteiger partial charge in [-0.15, -0.1) is 0 Å². The van der Waals surface area contributed by atoms with Gasteiger partial charge < -0.3 is 20.1 Å². The molecule has 3 amide bonds. The van der Waals surface area contributed by atoms with E-state index >= 15 is 0 Å². The first-order valence-electron chi connectivity index (χ1n) is 6.94. The van der Waals surface area contributed by atoms with Gasteiger partial charge in [0.15, 0.2) is 17.5 Å². The number of benzene rings is 1. The molecule has 0 radical (unpaired) electrons. The number of aryl methyl sites for hydroxylation is 1. The SMILES string of the molecule is COc1cc(C)c(C[NH+](C)[C@@H](C)C(=O)NC(N)=O)cc1OC. The van der Waals surface area contributed by atoms with Crippen LogP contribution in [-0.2, 0) is 11.3 Å². The van der Waals surface area contributed by atoms with Gasteiger partial charge in [-0.05, 0) is 31.5 Å². The van der Waals surface area contributed by atoms with E-state index in [4.69, 9.17) is 15.2 Å². The Morgan fingerprint density at radius 1 is 1.27 bits per heavy atom. The van der Waals surface area contributed by atoms with Crippen LogP contribution in [0.2, 0.25) is 0 Å². The van der Waals surface area contributed by atoms with Crippen LogP contribution in [0.3, 0.4) is 0 Å². The highest BCUT2D eigenvalue weighted by Gasteiger charge is 2.24. The van der Waals surface area contributed by atoms with Crippen LogP contribution < -0.4 is 25.4 Å². The van der Waals surface area contributed by atoms with Crippen molar-refractivity contribution >= 4 is 11.9 Å². The number of hydrogen-bond acceptors (Lipinski definition) is 4. The fourth-order valence-corrected chi connectivity index (χ4v) is 2.12. The summed E-state index contributed by atoms with van der Waals surface area (Å²) in [6.45, 7) is 4.31. The summed E-state index contributed by atoms with van der Waals surface area (Å²) in [6.07, 6.45) is 0. The Morgan fingerprint density at radius 2 is 1.82 bits per heavy atom. The van der Waals surface area contributed by atoms with Gasteiger partial charge in [0.2, 0.25) is 0 Å². The molecule has 1 rings (SSSR count). The fraction of sp³-hybridized carbons (Fsp3) is 0.467. The van der Waals surface area contributed by atoms with Crippen LogP contribution in [0.5, 0.6) is 11.5 Å². The van der Waals surface area contributed by atoms with Gasteiger partial charge in [0.25, 0.3) is 5.91 Å². The summed E-state index contributed by atoms with van der Waals surface area (Å²) in [7, 11) is 5.04. The molecule has 2 atom stereocenters. The second-order valence-corrected chi connectivity index (χ2v) is 5.23. The lowest BCUT2D eigenvalue weighted by molar-refractivity contribution is -0.908. The maximum Gasteiger partial charge on any atom is 0.319 e. The van der Waals surface area contributed by atoms with Crippen LogP contribution in [0.4, 0.5) is 4.79 Å². The van der Waals surface area contributed by atoms with E-state index in [1.54, 1.807) is 21.1 Å². The standard InChI is InChI=1S/C15H23N3O4/c1-9-6-12(21-4)13(22-5)7-11(9)8-18(3)10(2)14(19)17-15(16)20/h6-7,10H,8H2,1-5H3,(H3,16,17,19,20)/p+1/t10-/m0/s1. The third kappa shape index (κ3) is 4.36. The van der Waals surface area contributed by atoms with E-state index in [0.717, 1.165) is 16.0 Å². The van der Waals surface area contributed by atoms with E-state index in [9.17, 15) is 9.59 Å². The Morgan fingerprint density at radius 3 is 2.32 bits per heavy atom. The zero-order valence-electron chi connectivity index (χ0n) is 13.6. The zero-order valence-corrected chi connectivity index (χ0v) is 13.6. The van der Waals surface area contributed by atoms with E-state index in [2.05, 4.69) is 5.32 Å². The molecule has 0 spiro atoms. The predicted molar refractivity (Wildman–Crippen MR) is 82.1 cm³/mol. The number of urea groups is 1. The van der Waals surface area contributed by atoms with Crippen LogP contribution in [0.1, 0.15) is 18.1 Å². The Kier molecular flexibility index (Phi) is 6.18. The molecule has 7 nitrogen and oxygen atoms in total. The second-order valence-electron chi connectivity index (χ2n) is 5.23. The van der Waals surface area contributed by atoms with Crippen molar-refractivity contribution in [1.29, 1.82) is 0 Å². The van der Waals surface area contributed by atoms with Crippen LogP contribution in [0.25, 0.3) is 0 Å². The Balaban J connectivity index is 2.89. The van der Waals surface area contributed by atoms with E-state index in [-0.39, 0.29) is 0 Å². The molecule has 0 aliphatic heterocycles. The summed E-state index contributed by atoms with van der Waals surface area (Å²) in [5.41, 5.74) is 7.04. The monoisotopic (exact) mass is 310 g/mol. The minimum absolute atomic E-state index is 0.400. The molecule has 7 heteroatoms. The van der Waals surface area contributed by atoms with Gasteiger partial charge in [-0.1, -0.05) is 0 Å². The van der Waals surface area contributed by atoms with Crippen LogP contribution in [0, 0.1) is 6.92 Å². The van der Waals surface area contributed by atoms with Crippen molar-refractivity contribution in [2.75, 3.05) is 21.3 Å².